The highest BCUT2D eigenvalue weighted by atomic mass is 31.3. The van der Waals surface area contributed by atoms with Crippen molar-refractivity contribution in [3.63, 3.8) is 0 Å². The number of hydrogen-bond donors (Lipinski definition) is 5. The van der Waals surface area contributed by atoms with Gasteiger partial charge in [0.15, 0.2) is 0 Å². The molecule has 1 aliphatic rings. The van der Waals surface area contributed by atoms with Crippen molar-refractivity contribution < 1.29 is 42.5 Å². The molecule has 1 aromatic heterocycles. The van der Waals surface area contributed by atoms with E-state index >= 15 is 0 Å². The molecule has 1 aliphatic heterocycles. The average molecular weight is 421 g/mol. The summed E-state index contributed by atoms with van der Waals surface area (Å²) >= 11 is 0. The molecule has 2 heterocycles. The molecule has 152 valence electrons. The summed E-state index contributed by atoms with van der Waals surface area (Å²) in [5.74, 6) is -0.00910. The first kappa shape index (κ1) is 24.8. The third-order valence-corrected chi connectivity index (χ3v) is 5.06. The molecule has 0 saturated carbocycles. The van der Waals surface area contributed by atoms with E-state index < -0.39 is 46.4 Å². The highest BCUT2D eigenvalue weighted by Crippen LogP contribution is 2.52. The fourth-order valence-corrected chi connectivity index (χ4v) is 3.52. The van der Waals surface area contributed by atoms with Crippen LogP contribution in [0.5, 0.6) is 0 Å². The monoisotopic (exact) mass is 421 g/mol. The van der Waals surface area contributed by atoms with Gasteiger partial charge in [-0.2, -0.15) is 4.98 Å². The molecular weight excluding hydrogens is 400 g/mol. The van der Waals surface area contributed by atoms with E-state index in [9.17, 15) is 28.8 Å². The number of aliphatic hydroxyl groups is 1. The topological polar surface area (TPSA) is 282 Å². The lowest BCUT2D eigenvalue weighted by atomic mass is 10.2. The minimum absolute atomic E-state index is 0. The summed E-state index contributed by atoms with van der Waals surface area (Å²) < 4.78 is 35.5. The maximum absolute atomic E-state index is 11.7. The van der Waals surface area contributed by atoms with Gasteiger partial charge in [-0.15, -0.1) is 0 Å². The lowest BCUT2D eigenvalue weighted by molar-refractivity contribution is -0.242. The number of hydrogen-bond acceptors (Lipinski definition) is 11. The van der Waals surface area contributed by atoms with Gasteiger partial charge in [0, 0.05) is 12.6 Å². The van der Waals surface area contributed by atoms with Gasteiger partial charge < -0.3 is 47.1 Å². The Labute approximate surface area is 146 Å². The minimum atomic E-state index is -5.55. The van der Waals surface area contributed by atoms with Gasteiger partial charge in [0.2, 0.25) is 0 Å². The molecule has 1 saturated heterocycles. The Hall–Kier alpha value is -1.22. The Balaban J connectivity index is 0.00000312. The van der Waals surface area contributed by atoms with E-state index in [0.717, 1.165) is 4.57 Å². The van der Waals surface area contributed by atoms with Crippen LogP contribution in [0.2, 0.25) is 0 Å². The van der Waals surface area contributed by atoms with E-state index in [0.29, 0.717) is 0 Å². The van der Waals surface area contributed by atoms with Crippen molar-refractivity contribution in [2.45, 2.75) is 24.9 Å². The second-order valence-corrected chi connectivity index (χ2v) is 7.51. The van der Waals surface area contributed by atoms with Gasteiger partial charge >= 0.3 is 5.69 Å². The largest absolute Gasteiger partial charge is 0.756 e. The third kappa shape index (κ3) is 6.83. The van der Waals surface area contributed by atoms with Crippen molar-refractivity contribution in [3.8, 4) is 0 Å². The van der Waals surface area contributed by atoms with Crippen LogP contribution in [-0.4, -0.2) is 38.4 Å². The second-order valence-electron chi connectivity index (χ2n) is 4.77. The first-order chi connectivity index (χ1) is 11.0. The van der Waals surface area contributed by atoms with Crippen LogP contribution in [0.1, 0.15) is 12.6 Å². The molecule has 0 spiro atoms. The first-order valence-corrected chi connectivity index (χ1v) is 9.31. The molecule has 0 amide bonds. The summed E-state index contributed by atoms with van der Waals surface area (Å²) in [6.07, 6.45) is -2.16. The van der Waals surface area contributed by atoms with Crippen LogP contribution in [0.15, 0.2) is 17.1 Å². The van der Waals surface area contributed by atoms with E-state index in [2.05, 4.69) is 13.8 Å². The van der Waals surface area contributed by atoms with E-state index in [1.54, 1.807) is 0 Å². The van der Waals surface area contributed by atoms with Gasteiger partial charge in [-0.05, 0) is 6.07 Å². The lowest BCUT2D eigenvalue weighted by Gasteiger charge is -2.28. The highest BCUT2D eigenvalue weighted by molar-refractivity contribution is 7.59. The number of phosphoric acid groups is 2. The number of aromatic nitrogens is 2. The van der Waals surface area contributed by atoms with Crippen molar-refractivity contribution in [1.82, 2.24) is 21.9 Å². The molecule has 1 aromatic rings. The standard InChI is InChI=1S/C9H15N3O10P2.2H3N/c10-7-1-2-12(9(14)11-7)8-3-5(13)6(21-8)4-20-24(18,19)22-23(15,16)17;;/h1-2,5-6,8,13H,3-4H2,(H,18,19)(H2,10,11,14)(H2,15,16,17);2*1H3/t5-,6-,8-;;/m1../s1. The molecule has 17 heteroatoms. The number of aliphatic hydroxyl groups excluding tert-OH is 1. The van der Waals surface area contributed by atoms with Crippen molar-refractivity contribution >= 4 is 21.5 Å². The normalized spacial score (nSPS) is 26.8. The van der Waals surface area contributed by atoms with Gasteiger partial charge in [-0.25, -0.2) is 9.11 Å². The van der Waals surface area contributed by atoms with Crippen LogP contribution in [0.3, 0.4) is 0 Å². The fraction of sp³-hybridized carbons (Fsp3) is 0.556. The van der Waals surface area contributed by atoms with Crippen molar-refractivity contribution in [2.75, 3.05) is 12.3 Å². The third-order valence-electron chi connectivity index (χ3n) is 2.97. The number of rotatable bonds is 6. The summed E-state index contributed by atoms with van der Waals surface area (Å²) in [5, 5.41) is 9.83. The van der Waals surface area contributed by atoms with Crippen LogP contribution in [0, 0.1) is 0 Å². The minimum Gasteiger partial charge on any atom is -0.756 e. The summed E-state index contributed by atoms with van der Waals surface area (Å²) in [4.78, 5) is 45.1. The molecule has 0 bridgehead atoms. The maximum Gasteiger partial charge on any atom is 0.351 e. The van der Waals surface area contributed by atoms with Gasteiger partial charge in [-0.1, -0.05) is 0 Å². The summed E-state index contributed by atoms with van der Waals surface area (Å²) in [6.45, 7) is -0.796. The van der Waals surface area contributed by atoms with Crippen LogP contribution >= 0.6 is 15.6 Å². The van der Waals surface area contributed by atoms with Crippen molar-refractivity contribution in [1.29, 1.82) is 0 Å². The van der Waals surface area contributed by atoms with Gasteiger partial charge in [-0.3, -0.25) is 13.7 Å². The second kappa shape index (κ2) is 9.12. The molecule has 15 nitrogen and oxygen atoms in total. The fourth-order valence-electron chi connectivity index (χ4n) is 2.00. The van der Waals surface area contributed by atoms with E-state index in [1.165, 1.54) is 12.3 Å². The molecule has 2 unspecified atom stereocenters. The van der Waals surface area contributed by atoms with Crippen molar-refractivity contribution in [3.05, 3.63) is 22.7 Å². The van der Waals surface area contributed by atoms with Gasteiger partial charge in [0.1, 0.15) is 18.1 Å². The van der Waals surface area contributed by atoms with Crippen LogP contribution in [0.4, 0.5) is 5.82 Å². The number of phosphoric ester groups is 1. The lowest BCUT2D eigenvalue weighted by Crippen LogP contribution is -2.29. The summed E-state index contributed by atoms with van der Waals surface area (Å²) in [5.41, 5.74) is 4.61. The Morgan fingerprint density at radius 3 is 2.58 bits per heavy atom. The Morgan fingerprint density at radius 2 is 2.04 bits per heavy atom. The van der Waals surface area contributed by atoms with E-state index in [1.807, 2.05) is 0 Å². The molecule has 5 atom stereocenters. The summed E-state index contributed by atoms with van der Waals surface area (Å²) in [6, 6.07) is 1.33. The van der Waals surface area contributed by atoms with Gasteiger partial charge in [0.25, 0.3) is 15.6 Å². The Bertz CT molecular complexity index is 753. The molecule has 0 aromatic carbocycles. The predicted octanol–water partition coefficient (Wildman–Crippen LogP) is -1.81. The van der Waals surface area contributed by atoms with Crippen LogP contribution in [-0.2, 0) is 22.7 Å². The number of quaternary nitrogens is 2. The molecular formula is C9H21N5O10P2. The average Bonchev–Trinajstić information content (AvgIpc) is 2.75. The molecule has 2 rings (SSSR count). The maximum atomic E-state index is 11.7. The molecule has 0 aliphatic carbocycles. The number of nitrogen functional groups attached to an aromatic ring is 1. The zero-order chi connectivity index (χ0) is 18.1. The SMILES string of the molecule is Nc1ccn([C@H]2C[C@@H](O)[C@@H](COP(=O)([O-])OP(=O)([O-])O)O2)c(=O)n1.[NH4+].[NH4+]. The first-order valence-electron chi connectivity index (χ1n) is 6.36. The number of ether oxygens (including phenoxy) is 1. The van der Waals surface area contributed by atoms with E-state index in [4.69, 9.17) is 15.4 Å². The molecule has 1 fully saturated rings. The van der Waals surface area contributed by atoms with Crippen LogP contribution in [0.25, 0.3) is 0 Å². The Kier molecular flexibility index (Phi) is 8.69. The smallest absolute Gasteiger partial charge is 0.351 e. The summed E-state index contributed by atoms with van der Waals surface area (Å²) in [7, 11) is -10.9. The highest BCUT2D eigenvalue weighted by Gasteiger charge is 2.36. The molecule has 26 heavy (non-hydrogen) atoms. The Morgan fingerprint density at radius 1 is 1.42 bits per heavy atom. The predicted molar refractivity (Wildman–Crippen MR) is 83.9 cm³/mol. The van der Waals surface area contributed by atoms with E-state index in [-0.39, 0.29) is 24.5 Å². The quantitative estimate of drug-likeness (QED) is 0.317. The molecule has 0 radical (unpaired) electrons. The number of nitrogens with zero attached hydrogens (tertiary/aromatic N) is 2. The number of nitrogens with two attached hydrogens (primary N) is 1. The van der Waals surface area contributed by atoms with Gasteiger partial charge in [0.05, 0.1) is 12.7 Å². The zero-order valence-electron chi connectivity index (χ0n) is 13.8. The van der Waals surface area contributed by atoms with Crippen molar-refractivity contribution in [2.24, 2.45) is 0 Å². The molecule has 12 N–H and O–H groups in total. The van der Waals surface area contributed by atoms with Crippen LogP contribution < -0.4 is 33.5 Å². The number of anilines is 1. The zero-order valence-corrected chi connectivity index (χ0v) is 15.6.